The van der Waals surface area contributed by atoms with E-state index in [9.17, 15) is 4.79 Å². The number of pyridine rings is 1. The third kappa shape index (κ3) is 7.73. The number of hydrogen-bond donors (Lipinski definition) is 3. The van der Waals surface area contributed by atoms with Gasteiger partial charge < -0.3 is 20.4 Å². The van der Waals surface area contributed by atoms with Gasteiger partial charge in [0.1, 0.15) is 0 Å². The second-order valence-corrected chi connectivity index (χ2v) is 10.1. The van der Waals surface area contributed by atoms with Crippen molar-refractivity contribution in [1.82, 2.24) is 20.1 Å². The molecule has 9 nitrogen and oxygen atoms in total. The summed E-state index contributed by atoms with van der Waals surface area (Å²) in [4.78, 5) is 39.2. The third-order valence-electron chi connectivity index (χ3n) is 7.76. The summed E-state index contributed by atoms with van der Waals surface area (Å²) < 4.78 is 0. The Morgan fingerprint density at radius 3 is 2.51 bits per heavy atom. The average molecular weight is 489 g/mol. The minimum atomic E-state index is -0.250. The topological polar surface area (TPSA) is 123 Å². The normalized spacial score (nSPS) is 27.7. The highest BCUT2D eigenvalue weighted by Gasteiger charge is 2.47. The lowest BCUT2D eigenvalue weighted by Crippen LogP contribution is -2.65. The first kappa shape index (κ1) is 27.1. The fourth-order valence-electron chi connectivity index (χ4n) is 6.17. The molecule has 3 saturated heterocycles. The Balaban J connectivity index is 0.000000520. The highest BCUT2D eigenvalue weighted by molar-refractivity contribution is 5.80. The number of nitrogens with zero attached hydrogens (tertiary/aromatic N) is 3. The molecule has 1 aromatic heterocycles. The summed E-state index contributed by atoms with van der Waals surface area (Å²) in [6, 6.07) is 7.62. The van der Waals surface area contributed by atoms with Crippen LogP contribution in [0.3, 0.4) is 0 Å². The van der Waals surface area contributed by atoms with Crippen molar-refractivity contribution in [1.29, 1.82) is 0 Å². The van der Waals surface area contributed by atoms with Gasteiger partial charge in [0.15, 0.2) is 0 Å². The zero-order valence-corrected chi connectivity index (χ0v) is 20.7. The second kappa shape index (κ2) is 13.5. The molecule has 5 rings (SSSR count). The van der Waals surface area contributed by atoms with Gasteiger partial charge in [-0.25, -0.2) is 0 Å². The van der Waals surface area contributed by atoms with Crippen molar-refractivity contribution < 1.29 is 24.6 Å². The molecular weight excluding hydrogens is 448 g/mol. The molecule has 1 aliphatic carbocycles. The average Bonchev–Trinajstić information content (AvgIpc) is 3.69. The van der Waals surface area contributed by atoms with E-state index in [1.165, 1.54) is 51.0 Å². The molecule has 2 bridgehead atoms. The van der Waals surface area contributed by atoms with E-state index >= 15 is 0 Å². The smallest absolute Gasteiger partial charge is 0.290 e. The molecule has 4 heterocycles. The number of piperidine rings is 3. The van der Waals surface area contributed by atoms with E-state index in [0.29, 0.717) is 23.8 Å². The molecule has 4 fully saturated rings. The van der Waals surface area contributed by atoms with Crippen LogP contribution in [0.1, 0.15) is 49.9 Å². The first-order valence-electron chi connectivity index (χ1n) is 12.8. The second-order valence-electron chi connectivity index (χ2n) is 10.1. The Morgan fingerprint density at radius 2 is 1.83 bits per heavy atom. The Bertz CT molecular complexity index is 828. The maximum absolute atomic E-state index is 12.3. The van der Waals surface area contributed by atoms with Crippen molar-refractivity contribution in [3.63, 3.8) is 0 Å². The fraction of sp³-hybridized carbons (Fsp3) is 0.692. The lowest BCUT2D eigenvalue weighted by atomic mass is 9.72. The number of carbonyl (C=O) groups excluding carboxylic acids is 1. The van der Waals surface area contributed by atoms with Gasteiger partial charge in [-0.05, 0) is 69.5 Å². The van der Waals surface area contributed by atoms with Crippen molar-refractivity contribution in [2.45, 2.75) is 64.0 Å². The van der Waals surface area contributed by atoms with E-state index in [0.717, 1.165) is 50.0 Å². The van der Waals surface area contributed by atoms with Crippen LogP contribution >= 0.6 is 0 Å². The van der Waals surface area contributed by atoms with E-state index in [1.807, 2.05) is 0 Å². The maximum atomic E-state index is 12.3. The third-order valence-corrected chi connectivity index (χ3v) is 7.76. The lowest BCUT2D eigenvalue weighted by Gasteiger charge is -2.57. The SMILES string of the molecule is Cc1cccc(CCN2C[C@H]3C[C@@H](C2)[C@H](CNC(=O)C2CC2)N2CCCC[C@@H]32)n1.O=CO.O=CO. The van der Waals surface area contributed by atoms with Gasteiger partial charge in [-0.1, -0.05) is 12.5 Å². The van der Waals surface area contributed by atoms with Gasteiger partial charge in [0.2, 0.25) is 5.91 Å². The van der Waals surface area contributed by atoms with Gasteiger partial charge in [-0.2, -0.15) is 0 Å². The molecule has 3 N–H and O–H groups in total. The van der Waals surface area contributed by atoms with Crippen LogP contribution in [0, 0.1) is 24.7 Å². The first-order chi connectivity index (χ1) is 17.0. The van der Waals surface area contributed by atoms with Gasteiger partial charge in [-0.3, -0.25) is 24.3 Å². The number of aromatic nitrogens is 1. The van der Waals surface area contributed by atoms with Crippen LogP contribution in [0.4, 0.5) is 0 Å². The predicted molar refractivity (Wildman–Crippen MR) is 132 cm³/mol. The number of fused-ring (bicyclic) bond motifs is 4. The number of rotatable bonds is 6. The minimum Gasteiger partial charge on any atom is -0.483 e. The van der Waals surface area contributed by atoms with Crippen LogP contribution in [0.15, 0.2) is 18.2 Å². The number of hydrogen-bond acceptors (Lipinski definition) is 6. The van der Waals surface area contributed by atoms with Crippen LogP contribution in [-0.4, -0.2) is 88.7 Å². The van der Waals surface area contributed by atoms with Crippen LogP contribution in [0.5, 0.6) is 0 Å². The molecule has 1 amide bonds. The molecule has 35 heavy (non-hydrogen) atoms. The summed E-state index contributed by atoms with van der Waals surface area (Å²) in [5, 5.41) is 17.1. The molecular formula is C26H40N4O5. The number of nitrogens with one attached hydrogen (secondary N) is 1. The largest absolute Gasteiger partial charge is 0.483 e. The minimum absolute atomic E-state index is 0.250. The van der Waals surface area contributed by atoms with Gasteiger partial charge in [0.05, 0.1) is 0 Å². The Morgan fingerprint density at radius 1 is 1.11 bits per heavy atom. The van der Waals surface area contributed by atoms with Crippen LogP contribution in [-0.2, 0) is 20.8 Å². The maximum Gasteiger partial charge on any atom is 0.290 e. The van der Waals surface area contributed by atoms with Crippen LogP contribution in [0.25, 0.3) is 0 Å². The lowest BCUT2D eigenvalue weighted by molar-refractivity contribution is -0.124. The van der Waals surface area contributed by atoms with Gasteiger partial charge in [-0.15, -0.1) is 0 Å². The van der Waals surface area contributed by atoms with Crippen molar-refractivity contribution >= 4 is 18.9 Å². The van der Waals surface area contributed by atoms with Crippen LogP contribution in [0.2, 0.25) is 0 Å². The van der Waals surface area contributed by atoms with E-state index in [1.54, 1.807) is 0 Å². The molecule has 1 saturated carbocycles. The summed E-state index contributed by atoms with van der Waals surface area (Å²) in [6.07, 6.45) is 8.62. The predicted octanol–water partition coefficient (Wildman–Crippen LogP) is 2.04. The van der Waals surface area contributed by atoms with Crippen molar-refractivity contribution in [2.75, 3.05) is 32.7 Å². The molecule has 0 unspecified atom stereocenters. The van der Waals surface area contributed by atoms with Crippen molar-refractivity contribution in [2.24, 2.45) is 17.8 Å². The van der Waals surface area contributed by atoms with Gasteiger partial charge >= 0.3 is 0 Å². The molecule has 0 spiro atoms. The van der Waals surface area contributed by atoms with E-state index in [-0.39, 0.29) is 12.9 Å². The van der Waals surface area contributed by atoms with Crippen molar-refractivity contribution in [3.05, 3.63) is 29.6 Å². The molecule has 0 aromatic carbocycles. The highest BCUT2D eigenvalue weighted by atomic mass is 16.3. The monoisotopic (exact) mass is 488 g/mol. The number of amides is 1. The summed E-state index contributed by atoms with van der Waals surface area (Å²) in [6.45, 7) is 7.19. The highest BCUT2D eigenvalue weighted by Crippen LogP contribution is 2.41. The molecule has 4 aliphatic rings. The fourth-order valence-corrected chi connectivity index (χ4v) is 6.17. The molecule has 4 atom stereocenters. The van der Waals surface area contributed by atoms with E-state index in [2.05, 4.69) is 40.2 Å². The Labute approximate surface area is 207 Å². The molecule has 194 valence electrons. The molecule has 0 radical (unpaired) electrons. The zero-order chi connectivity index (χ0) is 25.2. The van der Waals surface area contributed by atoms with Gasteiger partial charge in [0.25, 0.3) is 12.9 Å². The number of carbonyl (C=O) groups is 3. The number of aryl methyl sites for hydroxylation is 1. The summed E-state index contributed by atoms with van der Waals surface area (Å²) in [5.41, 5.74) is 2.33. The molecule has 3 aliphatic heterocycles. The standard InChI is InChI=1S/C24H36N4O.2CH2O2/c1-17-5-4-6-21(26-17)10-12-27-15-19-13-20(16-27)23(14-25-24(29)18-8-9-18)28-11-3-2-7-22(19)28;2*2-1-3/h4-6,18-20,22-23H,2-3,7-16H2,1H3,(H,25,29);2*1H,(H,2,3)/t19-,20+,22+,23+;;/m1../s1. The number of likely N-dealkylation sites (tertiary alicyclic amines) is 1. The molecule has 1 aromatic rings. The zero-order valence-electron chi connectivity index (χ0n) is 20.7. The van der Waals surface area contributed by atoms with Crippen LogP contribution < -0.4 is 5.32 Å². The number of carboxylic acid groups (broad SMARTS) is 2. The quantitative estimate of drug-likeness (QED) is 0.520. The van der Waals surface area contributed by atoms with E-state index < -0.39 is 0 Å². The first-order valence-corrected chi connectivity index (χ1v) is 12.8. The van der Waals surface area contributed by atoms with E-state index in [4.69, 9.17) is 24.8 Å². The summed E-state index contributed by atoms with van der Waals surface area (Å²) in [5.74, 6) is 2.11. The molecule has 9 heteroatoms. The van der Waals surface area contributed by atoms with Gasteiger partial charge in [0, 0.05) is 62.0 Å². The Hall–Kier alpha value is -2.52. The van der Waals surface area contributed by atoms with Crippen molar-refractivity contribution in [3.8, 4) is 0 Å². The summed E-state index contributed by atoms with van der Waals surface area (Å²) >= 11 is 0. The Kier molecular flexibility index (Phi) is 10.5. The summed E-state index contributed by atoms with van der Waals surface area (Å²) in [7, 11) is 0.